The third kappa shape index (κ3) is 2.40. The number of hydrogen-bond acceptors (Lipinski definition) is 3. The van der Waals surface area contributed by atoms with Crippen LogP contribution in [0.15, 0.2) is 47.1 Å². The molecule has 2 fully saturated rings. The normalized spacial score (nSPS) is 25.1. The van der Waals surface area contributed by atoms with Crippen LogP contribution < -0.4 is 5.32 Å². The lowest BCUT2D eigenvalue weighted by Crippen LogP contribution is -2.43. The molecule has 1 N–H and O–H groups in total. The number of nitrogens with zero attached hydrogens (tertiary/aromatic N) is 1. The van der Waals surface area contributed by atoms with E-state index in [0.717, 1.165) is 6.42 Å². The van der Waals surface area contributed by atoms with Crippen LogP contribution in [-0.2, 0) is 0 Å². The molecular weight excluding hydrogens is 299 g/mol. The van der Waals surface area contributed by atoms with Gasteiger partial charge >= 0.3 is 0 Å². The topological polar surface area (TPSA) is 62.6 Å². The van der Waals surface area contributed by atoms with Crippen molar-refractivity contribution in [3.8, 4) is 0 Å². The number of fused-ring (bicyclic) bond motifs is 1. The smallest absolute Gasteiger partial charge is 0.289 e. The molecule has 0 spiro atoms. The average Bonchev–Trinajstić information content (AvgIpc) is 2.95. The van der Waals surface area contributed by atoms with E-state index in [0.29, 0.717) is 24.4 Å². The molecular formula is C17H15FN2O3. The summed E-state index contributed by atoms with van der Waals surface area (Å²) in [6.45, 7) is 1.06. The molecule has 4 rings (SSSR count). The molecule has 2 amide bonds. The van der Waals surface area contributed by atoms with Crippen molar-refractivity contribution in [1.29, 1.82) is 0 Å². The van der Waals surface area contributed by atoms with Crippen molar-refractivity contribution < 1.29 is 18.4 Å². The molecule has 1 aromatic heterocycles. The Morgan fingerprint density at radius 2 is 2.17 bits per heavy atom. The Labute approximate surface area is 132 Å². The van der Waals surface area contributed by atoms with Gasteiger partial charge in [0.25, 0.3) is 11.8 Å². The summed E-state index contributed by atoms with van der Waals surface area (Å²) < 4.78 is 18.4. The van der Waals surface area contributed by atoms with E-state index in [9.17, 15) is 14.0 Å². The van der Waals surface area contributed by atoms with Crippen LogP contribution in [0.25, 0.3) is 0 Å². The molecule has 5 nitrogen and oxygen atoms in total. The number of piperidine rings is 1. The number of carbonyl (C=O) groups excluding carboxylic acids is 2. The predicted octanol–water partition coefficient (Wildman–Crippen LogP) is 2.06. The molecule has 1 aromatic carbocycles. The molecule has 1 saturated carbocycles. The van der Waals surface area contributed by atoms with E-state index in [1.54, 1.807) is 23.1 Å². The molecule has 2 aliphatic rings. The van der Waals surface area contributed by atoms with Crippen LogP contribution in [0.5, 0.6) is 0 Å². The number of hydrogen-bond donors (Lipinski definition) is 1. The maximum Gasteiger partial charge on any atom is 0.289 e. The zero-order valence-electron chi connectivity index (χ0n) is 12.3. The molecule has 0 radical (unpaired) electrons. The van der Waals surface area contributed by atoms with Gasteiger partial charge in [-0.3, -0.25) is 9.59 Å². The Kier molecular flexibility index (Phi) is 3.01. The van der Waals surface area contributed by atoms with Gasteiger partial charge in [-0.15, -0.1) is 0 Å². The van der Waals surface area contributed by atoms with Crippen molar-refractivity contribution in [3.63, 3.8) is 0 Å². The van der Waals surface area contributed by atoms with Crippen LogP contribution in [0, 0.1) is 11.7 Å². The summed E-state index contributed by atoms with van der Waals surface area (Å²) in [5, 5.41) is 2.97. The lowest BCUT2D eigenvalue weighted by molar-refractivity contribution is 0.0730. The molecule has 1 aliphatic carbocycles. The highest BCUT2D eigenvalue weighted by atomic mass is 19.1. The van der Waals surface area contributed by atoms with Crippen LogP contribution in [0.4, 0.5) is 4.39 Å². The Bertz CT molecular complexity index is 774. The minimum absolute atomic E-state index is 0.165. The van der Waals surface area contributed by atoms with E-state index < -0.39 is 5.82 Å². The molecule has 1 saturated heterocycles. The molecule has 2 heterocycles. The third-order valence-corrected chi connectivity index (χ3v) is 4.61. The van der Waals surface area contributed by atoms with Gasteiger partial charge in [0.15, 0.2) is 5.76 Å². The fraction of sp³-hybridized carbons (Fsp3) is 0.294. The maximum absolute atomic E-state index is 13.2. The highest BCUT2D eigenvalue weighted by Gasteiger charge is 2.62. The largest absolute Gasteiger partial charge is 0.459 e. The predicted molar refractivity (Wildman–Crippen MR) is 79.3 cm³/mol. The van der Waals surface area contributed by atoms with Crippen LogP contribution in [0.2, 0.25) is 0 Å². The van der Waals surface area contributed by atoms with Crippen molar-refractivity contribution in [1.82, 2.24) is 10.2 Å². The molecule has 1 aliphatic heterocycles. The molecule has 118 valence electrons. The van der Waals surface area contributed by atoms with Crippen molar-refractivity contribution in [2.45, 2.75) is 12.0 Å². The fourth-order valence-corrected chi connectivity index (χ4v) is 3.32. The minimum Gasteiger partial charge on any atom is -0.459 e. The zero-order valence-corrected chi connectivity index (χ0v) is 12.3. The van der Waals surface area contributed by atoms with Gasteiger partial charge in [0.2, 0.25) is 0 Å². The summed E-state index contributed by atoms with van der Waals surface area (Å²) >= 11 is 0. The Hall–Kier alpha value is -2.63. The number of benzene rings is 1. The second-order valence-corrected chi connectivity index (χ2v) is 6.18. The summed E-state index contributed by atoms with van der Waals surface area (Å²) in [5.74, 6) is -0.360. The van der Waals surface area contributed by atoms with E-state index in [-0.39, 0.29) is 23.3 Å². The van der Waals surface area contributed by atoms with Crippen LogP contribution in [0.1, 0.15) is 27.3 Å². The minimum atomic E-state index is -0.441. The molecule has 2 aromatic rings. The monoisotopic (exact) mass is 314 g/mol. The Morgan fingerprint density at radius 1 is 1.30 bits per heavy atom. The Balaban J connectivity index is 1.45. The van der Waals surface area contributed by atoms with Crippen LogP contribution in [0.3, 0.4) is 0 Å². The highest BCUT2D eigenvalue weighted by Crippen LogP contribution is 2.49. The summed E-state index contributed by atoms with van der Waals surface area (Å²) in [7, 11) is 0. The quantitative estimate of drug-likeness (QED) is 0.943. The highest BCUT2D eigenvalue weighted by molar-refractivity contribution is 5.95. The number of likely N-dealkylation sites (tertiary alicyclic amines) is 1. The Morgan fingerprint density at radius 3 is 2.91 bits per heavy atom. The lowest BCUT2D eigenvalue weighted by Gasteiger charge is -2.21. The first kappa shape index (κ1) is 14.0. The van der Waals surface area contributed by atoms with Gasteiger partial charge in [0.1, 0.15) is 5.82 Å². The SMILES string of the molecule is O=C(N[C@]12C[C@H]1CN(C(=O)c1ccco1)C2)c1cccc(F)c1. The van der Waals surface area contributed by atoms with Crippen molar-refractivity contribution in [2.24, 2.45) is 5.92 Å². The molecule has 0 unspecified atom stereocenters. The van der Waals surface area contributed by atoms with Gasteiger partial charge in [-0.05, 0) is 36.8 Å². The van der Waals surface area contributed by atoms with Gasteiger partial charge in [-0.25, -0.2) is 4.39 Å². The van der Waals surface area contributed by atoms with Crippen molar-refractivity contribution >= 4 is 11.8 Å². The molecule has 2 atom stereocenters. The summed E-state index contributed by atoms with van der Waals surface area (Å²) in [4.78, 5) is 26.3. The molecule has 23 heavy (non-hydrogen) atoms. The van der Waals surface area contributed by atoms with E-state index >= 15 is 0 Å². The number of rotatable bonds is 3. The van der Waals surface area contributed by atoms with E-state index in [1.807, 2.05) is 0 Å². The van der Waals surface area contributed by atoms with Crippen molar-refractivity contribution in [2.75, 3.05) is 13.1 Å². The first-order valence-corrected chi connectivity index (χ1v) is 7.48. The maximum atomic E-state index is 13.2. The van der Waals surface area contributed by atoms with Crippen molar-refractivity contribution in [3.05, 3.63) is 59.8 Å². The average molecular weight is 314 g/mol. The van der Waals surface area contributed by atoms with Gasteiger partial charge in [0.05, 0.1) is 11.8 Å². The van der Waals surface area contributed by atoms with Gasteiger partial charge in [-0.1, -0.05) is 6.07 Å². The first-order chi connectivity index (χ1) is 11.1. The zero-order chi connectivity index (χ0) is 16.0. The van der Waals surface area contributed by atoms with Crippen LogP contribution in [-0.4, -0.2) is 35.3 Å². The first-order valence-electron chi connectivity index (χ1n) is 7.48. The number of halogens is 1. The second-order valence-electron chi connectivity index (χ2n) is 6.18. The summed E-state index contributed by atoms with van der Waals surface area (Å²) in [6, 6.07) is 8.90. The standard InChI is InChI=1S/C17H15FN2O3/c18-13-4-1-3-11(7-13)15(21)19-17-8-12(17)9-20(10-17)16(22)14-5-2-6-23-14/h1-7,12H,8-10H2,(H,19,21)/t12-,17-/m0/s1. The molecule has 0 bridgehead atoms. The number of furan rings is 1. The summed E-state index contributed by atoms with van der Waals surface area (Å²) in [6.07, 6.45) is 2.31. The number of nitrogens with one attached hydrogen (secondary N) is 1. The summed E-state index contributed by atoms with van der Waals surface area (Å²) in [5.41, 5.74) is -0.0908. The van der Waals surface area contributed by atoms with E-state index in [1.165, 1.54) is 24.5 Å². The third-order valence-electron chi connectivity index (χ3n) is 4.61. The van der Waals surface area contributed by atoms with Gasteiger partial charge < -0.3 is 14.6 Å². The molecule has 6 heteroatoms. The van der Waals surface area contributed by atoms with Gasteiger partial charge in [0, 0.05) is 24.6 Å². The number of amides is 2. The fourth-order valence-electron chi connectivity index (χ4n) is 3.32. The van der Waals surface area contributed by atoms with Crippen LogP contribution >= 0.6 is 0 Å². The number of carbonyl (C=O) groups is 2. The lowest BCUT2D eigenvalue weighted by atomic mass is 10.1. The second kappa shape index (κ2) is 4.94. The van der Waals surface area contributed by atoms with E-state index in [2.05, 4.69) is 5.32 Å². The van der Waals surface area contributed by atoms with Gasteiger partial charge in [-0.2, -0.15) is 0 Å². The van der Waals surface area contributed by atoms with E-state index in [4.69, 9.17) is 4.42 Å².